The predicted molar refractivity (Wildman–Crippen MR) is 56.2 cm³/mol. The fourth-order valence-electron chi connectivity index (χ4n) is 1.41. The molecule has 0 amide bonds. The zero-order valence-corrected chi connectivity index (χ0v) is 8.89. The Kier molecular flexibility index (Phi) is 2.44. The first-order valence-corrected chi connectivity index (χ1v) is 4.72. The van der Waals surface area contributed by atoms with Gasteiger partial charge in [-0.15, -0.1) is 0 Å². The maximum Gasteiger partial charge on any atom is 0.355 e. The van der Waals surface area contributed by atoms with Crippen LogP contribution in [0.5, 0.6) is 0 Å². The number of carbonyl (C=O) groups is 1. The molecule has 0 aliphatic heterocycles. The van der Waals surface area contributed by atoms with Crippen LogP contribution in [0.2, 0.25) is 0 Å². The number of aromatic nitrogens is 2. The molecule has 0 atom stereocenters. The van der Waals surface area contributed by atoms with Crippen molar-refractivity contribution in [3.8, 4) is 11.3 Å². The van der Waals surface area contributed by atoms with Crippen LogP contribution in [0, 0.1) is 13.8 Å². The van der Waals surface area contributed by atoms with Gasteiger partial charge in [-0.1, -0.05) is 5.16 Å². The van der Waals surface area contributed by atoms with E-state index in [-0.39, 0.29) is 5.69 Å². The quantitative estimate of drug-likeness (QED) is 0.834. The van der Waals surface area contributed by atoms with Gasteiger partial charge in [-0.2, -0.15) is 0 Å². The van der Waals surface area contributed by atoms with Crippen molar-refractivity contribution in [2.45, 2.75) is 13.8 Å². The highest BCUT2D eigenvalue weighted by molar-refractivity contribution is 5.93. The Bertz CT molecular complexity index is 546. The molecule has 0 aliphatic rings. The van der Waals surface area contributed by atoms with Crippen LogP contribution in [0.1, 0.15) is 21.9 Å². The number of hydrogen-bond donors (Lipinski definition) is 1. The third-order valence-corrected chi connectivity index (χ3v) is 2.13. The van der Waals surface area contributed by atoms with Gasteiger partial charge in [0.1, 0.15) is 0 Å². The normalized spacial score (nSPS) is 10.4. The number of pyridine rings is 1. The van der Waals surface area contributed by atoms with E-state index in [9.17, 15) is 4.79 Å². The van der Waals surface area contributed by atoms with Crippen molar-refractivity contribution < 1.29 is 14.4 Å². The second kappa shape index (κ2) is 3.77. The molecule has 0 saturated heterocycles. The minimum Gasteiger partial charge on any atom is -0.476 e. The first-order chi connectivity index (χ1) is 7.58. The Hall–Kier alpha value is -2.17. The second-order valence-electron chi connectivity index (χ2n) is 3.49. The summed E-state index contributed by atoms with van der Waals surface area (Å²) in [6.45, 7) is 3.51. The molecule has 2 aromatic rings. The maximum atomic E-state index is 11.0. The predicted octanol–water partition coefficient (Wildman–Crippen LogP) is 2.05. The zero-order valence-electron chi connectivity index (χ0n) is 8.89. The van der Waals surface area contributed by atoms with Gasteiger partial charge in [-0.3, -0.25) is 0 Å². The molecule has 0 aromatic carbocycles. The van der Waals surface area contributed by atoms with Crippen molar-refractivity contribution >= 4 is 5.97 Å². The molecule has 0 aliphatic carbocycles. The summed E-state index contributed by atoms with van der Waals surface area (Å²) in [5, 5.41) is 12.8. The highest BCUT2D eigenvalue weighted by atomic mass is 16.5. The molecule has 2 rings (SSSR count). The molecule has 2 aromatic heterocycles. The molecule has 2 heterocycles. The zero-order chi connectivity index (χ0) is 11.7. The van der Waals surface area contributed by atoms with Crippen LogP contribution < -0.4 is 0 Å². The smallest absolute Gasteiger partial charge is 0.355 e. The van der Waals surface area contributed by atoms with Crippen LogP contribution in [-0.4, -0.2) is 21.2 Å². The highest BCUT2D eigenvalue weighted by Gasteiger charge is 2.16. The molecular weight excluding hydrogens is 208 g/mol. The number of aromatic carboxylic acids is 1. The van der Waals surface area contributed by atoms with Crippen LogP contribution in [0.25, 0.3) is 11.3 Å². The topological polar surface area (TPSA) is 76.2 Å². The van der Waals surface area contributed by atoms with Gasteiger partial charge in [0.15, 0.2) is 11.5 Å². The Morgan fingerprint density at radius 3 is 2.62 bits per heavy atom. The van der Waals surface area contributed by atoms with E-state index in [0.717, 1.165) is 0 Å². The number of carboxylic acids is 1. The summed E-state index contributed by atoms with van der Waals surface area (Å²) in [6.07, 6.45) is 0. The van der Waals surface area contributed by atoms with Crippen molar-refractivity contribution in [3.63, 3.8) is 0 Å². The van der Waals surface area contributed by atoms with E-state index in [1.54, 1.807) is 32.0 Å². The van der Waals surface area contributed by atoms with Crippen molar-refractivity contribution in [3.05, 3.63) is 35.3 Å². The van der Waals surface area contributed by atoms with E-state index in [0.29, 0.717) is 22.7 Å². The summed E-state index contributed by atoms with van der Waals surface area (Å²) in [4.78, 5) is 15.0. The molecule has 0 spiro atoms. The van der Waals surface area contributed by atoms with Crippen LogP contribution in [0.3, 0.4) is 0 Å². The maximum absolute atomic E-state index is 11.0. The molecule has 82 valence electrons. The monoisotopic (exact) mass is 218 g/mol. The molecular formula is C11H10N2O3. The first kappa shape index (κ1) is 10.4. The summed E-state index contributed by atoms with van der Waals surface area (Å²) in [5.41, 5.74) is 1.78. The fraction of sp³-hybridized carbons (Fsp3) is 0.182. The SMILES string of the molecule is Cc1cc(-c2ccc(C)nc2C(=O)O)on1. The Labute approximate surface area is 91.7 Å². The molecule has 16 heavy (non-hydrogen) atoms. The summed E-state index contributed by atoms with van der Waals surface area (Å²) in [6, 6.07) is 5.09. The minimum atomic E-state index is -1.08. The van der Waals surface area contributed by atoms with E-state index < -0.39 is 5.97 Å². The molecule has 5 heteroatoms. The van der Waals surface area contributed by atoms with Crippen molar-refractivity contribution in [1.29, 1.82) is 0 Å². The van der Waals surface area contributed by atoms with Gasteiger partial charge in [-0.25, -0.2) is 9.78 Å². The summed E-state index contributed by atoms with van der Waals surface area (Å²) in [7, 11) is 0. The van der Waals surface area contributed by atoms with Crippen molar-refractivity contribution in [2.75, 3.05) is 0 Å². The van der Waals surface area contributed by atoms with E-state index in [2.05, 4.69) is 10.1 Å². The van der Waals surface area contributed by atoms with Crippen LogP contribution in [0.15, 0.2) is 22.7 Å². The largest absolute Gasteiger partial charge is 0.476 e. The van der Waals surface area contributed by atoms with Crippen molar-refractivity contribution in [2.24, 2.45) is 0 Å². The third-order valence-electron chi connectivity index (χ3n) is 2.13. The molecule has 0 fully saturated rings. The summed E-state index contributed by atoms with van der Waals surface area (Å²) >= 11 is 0. The van der Waals surface area contributed by atoms with Crippen molar-refractivity contribution in [1.82, 2.24) is 10.1 Å². The lowest BCUT2D eigenvalue weighted by molar-refractivity contribution is 0.0691. The van der Waals surface area contributed by atoms with Gasteiger partial charge < -0.3 is 9.63 Å². The number of aryl methyl sites for hydroxylation is 2. The average molecular weight is 218 g/mol. The van der Waals surface area contributed by atoms with Gasteiger partial charge in [0, 0.05) is 11.8 Å². The van der Waals surface area contributed by atoms with E-state index in [4.69, 9.17) is 9.63 Å². The van der Waals surface area contributed by atoms with Gasteiger partial charge in [0.05, 0.1) is 11.3 Å². The Morgan fingerprint density at radius 1 is 1.31 bits per heavy atom. The minimum absolute atomic E-state index is 0.0175. The molecule has 1 N–H and O–H groups in total. The van der Waals surface area contributed by atoms with E-state index in [1.807, 2.05) is 0 Å². The van der Waals surface area contributed by atoms with Crippen LogP contribution in [0.4, 0.5) is 0 Å². The molecule has 0 unspecified atom stereocenters. The second-order valence-corrected chi connectivity index (χ2v) is 3.49. The van der Waals surface area contributed by atoms with Gasteiger partial charge in [-0.05, 0) is 26.0 Å². The molecule has 0 radical (unpaired) electrons. The molecule has 0 saturated carbocycles. The van der Waals surface area contributed by atoms with Crippen LogP contribution in [-0.2, 0) is 0 Å². The fourth-order valence-corrected chi connectivity index (χ4v) is 1.41. The number of carboxylic acid groups (broad SMARTS) is 1. The van der Waals surface area contributed by atoms with E-state index >= 15 is 0 Å². The summed E-state index contributed by atoms with van der Waals surface area (Å²) in [5.74, 6) is -0.657. The number of nitrogens with zero attached hydrogens (tertiary/aromatic N) is 2. The highest BCUT2D eigenvalue weighted by Crippen LogP contribution is 2.23. The first-order valence-electron chi connectivity index (χ1n) is 4.72. The lowest BCUT2D eigenvalue weighted by Gasteiger charge is -2.02. The lowest BCUT2D eigenvalue weighted by Crippen LogP contribution is -2.03. The van der Waals surface area contributed by atoms with Crippen LogP contribution >= 0.6 is 0 Å². The van der Waals surface area contributed by atoms with Gasteiger partial charge in [0.2, 0.25) is 0 Å². The number of hydrogen-bond acceptors (Lipinski definition) is 4. The lowest BCUT2D eigenvalue weighted by atomic mass is 10.1. The Morgan fingerprint density at radius 2 is 2.06 bits per heavy atom. The molecule has 0 bridgehead atoms. The number of rotatable bonds is 2. The van der Waals surface area contributed by atoms with E-state index in [1.165, 1.54) is 0 Å². The summed E-state index contributed by atoms with van der Waals surface area (Å²) < 4.78 is 5.03. The van der Waals surface area contributed by atoms with Gasteiger partial charge in [0.25, 0.3) is 0 Å². The molecule has 5 nitrogen and oxygen atoms in total. The van der Waals surface area contributed by atoms with Gasteiger partial charge >= 0.3 is 5.97 Å². The third kappa shape index (κ3) is 1.79. The standard InChI is InChI=1S/C11H10N2O3/c1-6-3-4-8(10(12-6)11(14)15)9-5-7(2)13-16-9/h3-5H,1-2H3,(H,14,15). The Balaban J connectivity index is 2.60. The average Bonchev–Trinajstić information content (AvgIpc) is 2.64.